The second-order valence-corrected chi connectivity index (χ2v) is 7.21. The topological polar surface area (TPSA) is 71.1 Å². The van der Waals surface area contributed by atoms with Crippen LogP contribution in [0.3, 0.4) is 0 Å². The number of amides is 2. The summed E-state index contributed by atoms with van der Waals surface area (Å²) in [5.74, 6) is 0.385. The summed E-state index contributed by atoms with van der Waals surface area (Å²) in [6, 6.07) is 14.4. The predicted molar refractivity (Wildman–Crippen MR) is 111 cm³/mol. The third-order valence-electron chi connectivity index (χ3n) is 5.20. The van der Waals surface area contributed by atoms with Crippen molar-refractivity contribution in [1.29, 1.82) is 0 Å². The lowest BCUT2D eigenvalue weighted by Crippen LogP contribution is -2.48. The number of fused-ring (bicyclic) bond motifs is 1. The second kappa shape index (κ2) is 8.63. The van der Waals surface area contributed by atoms with Gasteiger partial charge >= 0.3 is 0 Å². The van der Waals surface area contributed by atoms with Crippen LogP contribution in [0.25, 0.3) is 0 Å². The molecule has 7 heteroatoms. The minimum Gasteiger partial charge on any atom is -0.479 e. The van der Waals surface area contributed by atoms with Crippen LogP contribution in [0.4, 0.5) is 11.4 Å². The fourth-order valence-electron chi connectivity index (χ4n) is 3.57. The maximum Gasteiger partial charge on any atom is 0.267 e. The highest BCUT2D eigenvalue weighted by Crippen LogP contribution is 2.36. The van der Waals surface area contributed by atoms with E-state index < -0.39 is 6.10 Å². The molecule has 1 unspecified atom stereocenters. The minimum atomic E-state index is -0.531. The summed E-state index contributed by atoms with van der Waals surface area (Å²) in [7, 11) is 0. The number of rotatable bonds is 5. The normalized spacial score (nSPS) is 19.4. The van der Waals surface area contributed by atoms with Gasteiger partial charge in [-0.05, 0) is 37.3 Å². The van der Waals surface area contributed by atoms with Crippen LogP contribution in [0.15, 0.2) is 48.5 Å². The molecule has 4 rings (SSSR count). The molecule has 2 aliphatic rings. The summed E-state index contributed by atoms with van der Waals surface area (Å²) in [4.78, 5) is 29.3. The summed E-state index contributed by atoms with van der Waals surface area (Å²) < 4.78 is 11.2. The van der Waals surface area contributed by atoms with Crippen LogP contribution in [0, 0.1) is 0 Å². The molecule has 2 amide bonds. The van der Waals surface area contributed by atoms with E-state index in [9.17, 15) is 9.59 Å². The van der Waals surface area contributed by atoms with Gasteiger partial charge in [0.15, 0.2) is 6.10 Å². The molecule has 2 aromatic carbocycles. The fraction of sp³-hybridized carbons (Fsp3) is 0.364. The lowest BCUT2D eigenvalue weighted by Gasteiger charge is -2.35. The van der Waals surface area contributed by atoms with E-state index in [1.807, 2.05) is 18.2 Å². The largest absolute Gasteiger partial charge is 0.479 e. The SMILES string of the molecule is CC1Oc2ccc(NC(=O)c3ccccc3)cc2N(CCN2CCOCC2)C1=O. The van der Waals surface area contributed by atoms with E-state index in [1.54, 1.807) is 42.2 Å². The number of ether oxygens (including phenoxy) is 2. The van der Waals surface area contributed by atoms with Gasteiger partial charge in [0, 0.05) is 37.4 Å². The van der Waals surface area contributed by atoms with Crippen molar-refractivity contribution >= 4 is 23.2 Å². The molecule has 2 heterocycles. The van der Waals surface area contributed by atoms with Gasteiger partial charge in [-0.1, -0.05) is 18.2 Å². The number of hydrogen-bond acceptors (Lipinski definition) is 5. The van der Waals surface area contributed by atoms with Crippen molar-refractivity contribution in [3.05, 3.63) is 54.1 Å². The first kappa shape index (κ1) is 19.4. The van der Waals surface area contributed by atoms with E-state index in [2.05, 4.69) is 10.2 Å². The van der Waals surface area contributed by atoms with Crippen LogP contribution in [-0.2, 0) is 9.53 Å². The van der Waals surface area contributed by atoms with Crippen molar-refractivity contribution in [2.45, 2.75) is 13.0 Å². The van der Waals surface area contributed by atoms with Gasteiger partial charge < -0.3 is 19.7 Å². The number of carbonyl (C=O) groups excluding carboxylic acids is 2. The van der Waals surface area contributed by atoms with Gasteiger partial charge in [0.1, 0.15) is 5.75 Å². The van der Waals surface area contributed by atoms with Gasteiger partial charge in [0.05, 0.1) is 18.9 Å². The molecular weight excluding hydrogens is 370 g/mol. The summed E-state index contributed by atoms with van der Waals surface area (Å²) >= 11 is 0. The van der Waals surface area contributed by atoms with Crippen molar-refractivity contribution in [2.24, 2.45) is 0 Å². The number of nitrogens with zero attached hydrogens (tertiary/aromatic N) is 2. The quantitative estimate of drug-likeness (QED) is 0.842. The number of anilines is 2. The van der Waals surface area contributed by atoms with Gasteiger partial charge in [0.25, 0.3) is 11.8 Å². The second-order valence-electron chi connectivity index (χ2n) is 7.21. The van der Waals surface area contributed by atoms with Crippen molar-refractivity contribution in [3.8, 4) is 5.75 Å². The number of morpholine rings is 1. The number of benzene rings is 2. The van der Waals surface area contributed by atoms with E-state index in [-0.39, 0.29) is 11.8 Å². The highest BCUT2D eigenvalue weighted by Gasteiger charge is 2.32. The Morgan fingerprint density at radius 2 is 1.86 bits per heavy atom. The third kappa shape index (κ3) is 4.41. The maximum absolute atomic E-state index is 12.8. The van der Waals surface area contributed by atoms with E-state index in [4.69, 9.17) is 9.47 Å². The molecule has 152 valence electrons. The molecule has 0 bridgehead atoms. The molecule has 0 aliphatic carbocycles. The van der Waals surface area contributed by atoms with Crippen LogP contribution in [0.5, 0.6) is 5.75 Å². The molecule has 2 aromatic rings. The van der Waals surface area contributed by atoms with Gasteiger partial charge in [-0.15, -0.1) is 0 Å². The van der Waals surface area contributed by atoms with Gasteiger partial charge in [-0.3, -0.25) is 14.5 Å². The molecule has 0 radical (unpaired) electrons. The summed E-state index contributed by atoms with van der Waals surface area (Å²) in [5.41, 5.74) is 1.89. The van der Waals surface area contributed by atoms with Crippen molar-refractivity contribution in [2.75, 3.05) is 49.6 Å². The zero-order chi connectivity index (χ0) is 20.2. The van der Waals surface area contributed by atoms with E-state index >= 15 is 0 Å². The molecule has 1 atom stereocenters. The van der Waals surface area contributed by atoms with Crippen molar-refractivity contribution in [1.82, 2.24) is 4.90 Å². The Hall–Kier alpha value is -2.90. The van der Waals surface area contributed by atoms with Crippen LogP contribution in [0.1, 0.15) is 17.3 Å². The fourth-order valence-corrected chi connectivity index (χ4v) is 3.57. The number of hydrogen-bond donors (Lipinski definition) is 1. The molecule has 0 spiro atoms. The highest BCUT2D eigenvalue weighted by molar-refractivity contribution is 6.05. The molecule has 1 N–H and O–H groups in total. The Morgan fingerprint density at radius 3 is 2.62 bits per heavy atom. The van der Waals surface area contributed by atoms with Crippen molar-refractivity contribution in [3.63, 3.8) is 0 Å². The molecule has 0 saturated carbocycles. The summed E-state index contributed by atoms with van der Waals surface area (Å²) in [6.45, 7) is 6.28. The predicted octanol–water partition coefficient (Wildman–Crippen LogP) is 2.39. The minimum absolute atomic E-state index is 0.0719. The van der Waals surface area contributed by atoms with Crippen LogP contribution in [-0.4, -0.2) is 62.2 Å². The Morgan fingerprint density at radius 1 is 1.10 bits per heavy atom. The summed E-state index contributed by atoms with van der Waals surface area (Å²) in [5, 5.41) is 2.90. The van der Waals surface area contributed by atoms with Gasteiger partial charge in [-0.25, -0.2) is 0 Å². The standard InChI is InChI=1S/C22H25N3O4/c1-16-22(27)25(10-9-24-11-13-28-14-12-24)19-15-18(7-8-20(19)29-16)23-21(26)17-5-3-2-4-6-17/h2-8,15-16H,9-14H2,1H3,(H,23,26). The average Bonchev–Trinajstić information content (AvgIpc) is 2.76. The zero-order valence-electron chi connectivity index (χ0n) is 16.5. The van der Waals surface area contributed by atoms with Gasteiger partial charge in [0.2, 0.25) is 0 Å². The Balaban J connectivity index is 1.52. The lowest BCUT2D eigenvalue weighted by molar-refractivity contribution is -0.125. The Bertz CT molecular complexity index is 881. The molecule has 1 saturated heterocycles. The average molecular weight is 395 g/mol. The summed E-state index contributed by atoms with van der Waals surface area (Å²) in [6.07, 6.45) is -0.531. The van der Waals surface area contributed by atoms with Gasteiger partial charge in [-0.2, -0.15) is 0 Å². The van der Waals surface area contributed by atoms with Crippen LogP contribution < -0.4 is 15.0 Å². The van der Waals surface area contributed by atoms with Crippen LogP contribution in [0.2, 0.25) is 0 Å². The van der Waals surface area contributed by atoms with E-state index in [0.717, 1.165) is 32.8 Å². The Kier molecular flexibility index (Phi) is 5.78. The van der Waals surface area contributed by atoms with Crippen LogP contribution >= 0.6 is 0 Å². The first-order chi connectivity index (χ1) is 14.1. The Labute approximate surface area is 170 Å². The van der Waals surface area contributed by atoms with Crippen molar-refractivity contribution < 1.29 is 19.1 Å². The molecule has 0 aromatic heterocycles. The van der Waals surface area contributed by atoms with E-state index in [1.165, 1.54) is 0 Å². The van der Waals surface area contributed by atoms with E-state index in [0.29, 0.717) is 29.2 Å². The monoisotopic (exact) mass is 395 g/mol. The molecular formula is C22H25N3O4. The third-order valence-corrected chi connectivity index (χ3v) is 5.20. The first-order valence-corrected chi connectivity index (χ1v) is 9.90. The first-order valence-electron chi connectivity index (χ1n) is 9.90. The smallest absolute Gasteiger partial charge is 0.267 e. The lowest BCUT2D eigenvalue weighted by atomic mass is 10.1. The number of nitrogens with one attached hydrogen (secondary N) is 1. The highest BCUT2D eigenvalue weighted by atomic mass is 16.5. The molecule has 1 fully saturated rings. The number of carbonyl (C=O) groups is 2. The molecule has 29 heavy (non-hydrogen) atoms. The molecule has 7 nitrogen and oxygen atoms in total. The molecule has 2 aliphatic heterocycles. The zero-order valence-corrected chi connectivity index (χ0v) is 16.5. The maximum atomic E-state index is 12.8.